The van der Waals surface area contributed by atoms with Crippen molar-refractivity contribution >= 4 is 17.5 Å². The number of anilines is 2. The maximum atomic E-state index is 12.3. The fourth-order valence-electron chi connectivity index (χ4n) is 2.89. The van der Waals surface area contributed by atoms with Crippen LogP contribution in [0, 0.1) is 11.3 Å². The number of aromatic nitrogens is 2. The van der Waals surface area contributed by atoms with Crippen molar-refractivity contribution in [1.29, 1.82) is 5.26 Å². The van der Waals surface area contributed by atoms with Crippen molar-refractivity contribution in [2.75, 3.05) is 17.2 Å². The quantitative estimate of drug-likeness (QED) is 0.773. The van der Waals surface area contributed by atoms with Gasteiger partial charge in [0.15, 0.2) is 0 Å². The van der Waals surface area contributed by atoms with Gasteiger partial charge < -0.3 is 10.6 Å². The largest absolute Gasteiger partial charge is 0.354 e. The normalized spacial score (nSPS) is 13.4. The molecule has 0 saturated carbocycles. The zero-order valence-electron chi connectivity index (χ0n) is 14.5. The molecule has 1 amide bonds. The summed E-state index contributed by atoms with van der Waals surface area (Å²) in [6.07, 6.45) is 11.2. The van der Waals surface area contributed by atoms with E-state index in [0.29, 0.717) is 22.8 Å². The third kappa shape index (κ3) is 4.67. The molecule has 1 aliphatic rings. The molecule has 1 aliphatic carbocycles. The summed E-state index contributed by atoms with van der Waals surface area (Å²) in [7, 11) is 0. The highest BCUT2D eigenvalue weighted by molar-refractivity contribution is 6.04. The van der Waals surface area contributed by atoms with Crippen molar-refractivity contribution in [3.8, 4) is 6.07 Å². The van der Waals surface area contributed by atoms with E-state index in [4.69, 9.17) is 5.26 Å². The van der Waals surface area contributed by atoms with Crippen LogP contribution in [-0.4, -0.2) is 22.4 Å². The molecule has 1 aromatic carbocycles. The molecular formula is C20H21N5O. The van der Waals surface area contributed by atoms with Gasteiger partial charge in [0.2, 0.25) is 5.95 Å². The van der Waals surface area contributed by atoms with Gasteiger partial charge in [0.05, 0.1) is 16.8 Å². The fourth-order valence-corrected chi connectivity index (χ4v) is 2.89. The molecule has 3 rings (SSSR count). The van der Waals surface area contributed by atoms with Crippen LogP contribution in [0.25, 0.3) is 0 Å². The van der Waals surface area contributed by atoms with Crippen molar-refractivity contribution in [3.05, 3.63) is 59.4 Å². The third-order valence-corrected chi connectivity index (χ3v) is 4.32. The number of para-hydroxylation sites is 1. The molecule has 0 unspecified atom stereocenters. The van der Waals surface area contributed by atoms with Crippen molar-refractivity contribution < 1.29 is 4.79 Å². The van der Waals surface area contributed by atoms with Gasteiger partial charge in [-0.2, -0.15) is 5.26 Å². The van der Waals surface area contributed by atoms with Gasteiger partial charge in [0, 0.05) is 18.9 Å². The van der Waals surface area contributed by atoms with Gasteiger partial charge in [-0.1, -0.05) is 23.8 Å². The minimum absolute atomic E-state index is 0.341. The van der Waals surface area contributed by atoms with E-state index >= 15 is 0 Å². The standard InChI is InChI=1S/C20H21N5O/c21-12-16-8-4-5-9-18(16)25-19(26)17-13-23-20(24-14-17)22-11-10-15-6-2-1-3-7-15/h4-6,8-9,13-14H,1-3,7,10-11H2,(H,25,26)(H,22,23,24). The minimum Gasteiger partial charge on any atom is -0.354 e. The molecule has 6 heteroatoms. The zero-order valence-corrected chi connectivity index (χ0v) is 14.5. The zero-order chi connectivity index (χ0) is 18.2. The van der Waals surface area contributed by atoms with Gasteiger partial charge in [-0.15, -0.1) is 0 Å². The smallest absolute Gasteiger partial charge is 0.258 e. The van der Waals surface area contributed by atoms with Gasteiger partial charge in [-0.25, -0.2) is 9.97 Å². The number of benzene rings is 1. The molecule has 26 heavy (non-hydrogen) atoms. The second-order valence-corrected chi connectivity index (χ2v) is 6.19. The number of hydrogen-bond acceptors (Lipinski definition) is 5. The van der Waals surface area contributed by atoms with Crippen LogP contribution in [0.15, 0.2) is 48.3 Å². The van der Waals surface area contributed by atoms with Crippen LogP contribution >= 0.6 is 0 Å². The lowest BCUT2D eigenvalue weighted by atomic mass is 9.97. The summed E-state index contributed by atoms with van der Waals surface area (Å²) in [5.74, 6) is 0.169. The Kier molecular flexibility index (Phi) is 5.94. The lowest BCUT2D eigenvalue weighted by Crippen LogP contribution is -2.14. The molecule has 2 aromatic rings. The molecule has 0 bridgehead atoms. The monoisotopic (exact) mass is 347 g/mol. The van der Waals surface area contributed by atoms with E-state index in [1.165, 1.54) is 43.7 Å². The Bertz CT molecular complexity index is 836. The van der Waals surface area contributed by atoms with Gasteiger partial charge in [0.25, 0.3) is 5.91 Å². The fraction of sp³-hybridized carbons (Fsp3) is 0.300. The summed E-state index contributed by atoms with van der Waals surface area (Å²) in [5.41, 5.74) is 2.73. The Morgan fingerprint density at radius 3 is 2.73 bits per heavy atom. The number of hydrogen-bond donors (Lipinski definition) is 2. The SMILES string of the molecule is N#Cc1ccccc1NC(=O)c1cnc(NCCC2=CCCCC2)nc1. The summed E-state index contributed by atoms with van der Waals surface area (Å²) < 4.78 is 0. The Balaban J connectivity index is 1.54. The summed E-state index contributed by atoms with van der Waals surface area (Å²) in [4.78, 5) is 20.7. The van der Waals surface area contributed by atoms with Crippen LogP contribution in [-0.2, 0) is 0 Å². The highest BCUT2D eigenvalue weighted by Crippen LogP contribution is 2.20. The average molecular weight is 347 g/mol. The summed E-state index contributed by atoms with van der Waals surface area (Å²) in [6.45, 7) is 0.785. The molecule has 0 radical (unpaired) electrons. The van der Waals surface area contributed by atoms with Gasteiger partial charge >= 0.3 is 0 Å². The molecule has 1 aromatic heterocycles. The number of allylic oxidation sites excluding steroid dienone is 1. The van der Waals surface area contributed by atoms with Crippen LogP contribution in [0.4, 0.5) is 11.6 Å². The van der Waals surface area contributed by atoms with Crippen molar-refractivity contribution in [3.63, 3.8) is 0 Å². The number of nitriles is 1. The average Bonchev–Trinajstić information content (AvgIpc) is 2.70. The lowest BCUT2D eigenvalue weighted by Gasteiger charge is -2.13. The highest BCUT2D eigenvalue weighted by atomic mass is 16.1. The predicted octanol–water partition coefficient (Wildman–Crippen LogP) is 3.90. The van der Waals surface area contributed by atoms with Crippen LogP contribution < -0.4 is 10.6 Å². The molecule has 0 aliphatic heterocycles. The summed E-state index contributed by atoms with van der Waals surface area (Å²) >= 11 is 0. The molecule has 2 N–H and O–H groups in total. The van der Waals surface area contributed by atoms with Crippen LogP contribution in [0.5, 0.6) is 0 Å². The molecule has 0 atom stereocenters. The summed E-state index contributed by atoms with van der Waals surface area (Å²) in [5, 5.41) is 15.0. The number of carbonyl (C=O) groups is 1. The molecule has 132 valence electrons. The second kappa shape index (κ2) is 8.77. The third-order valence-electron chi connectivity index (χ3n) is 4.32. The minimum atomic E-state index is -0.341. The van der Waals surface area contributed by atoms with E-state index in [2.05, 4.69) is 32.7 Å². The first-order valence-corrected chi connectivity index (χ1v) is 8.80. The molecule has 1 heterocycles. The number of nitrogens with one attached hydrogen (secondary N) is 2. The lowest BCUT2D eigenvalue weighted by molar-refractivity contribution is 0.102. The van der Waals surface area contributed by atoms with E-state index in [1.807, 2.05) is 0 Å². The van der Waals surface area contributed by atoms with Gasteiger partial charge in [0.1, 0.15) is 6.07 Å². The van der Waals surface area contributed by atoms with Crippen molar-refractivity contribution in [2.45, 2.75) is 32.1 Å². The Hall–Kier alpha value is -3.20. The Morgan fingerprint density at radius 1 is 1.19 bits per heavy atom. The first-order valence-electron chi connectivity index (χ1n) is 8.80. The van der Waals surface area contributed by atoms with Crippen molar-refractivity contribution in [2.24, 2.45) is 0 Å². The number of nitrogens with zero attached hydrogens (tertiary/aromatic N) is 3. The first kappa shape index (κ1) is 17.6. The number of carbonyl (C=O) groups excluding carboxylic acids is 1. The second-order valence-electron chi connectivity index (χ2n) is 6.19. The summed E-state index contributed by atoms with van der Waals surface area (Å²) in [6, 6.07) is 8.91. The van der Waals surface area contributed by atoms with E-state index in [9.17, 15) is 4.79 Å². The first-order chi connectivity index (χ1) is 12.8. The maximum Gasteiger partial charge on any atom is 0.258 e. The van der Waals surface area contributed by atoms with Crippen LogP contribution in [0.3, 0.4) is 0 Å². The number of amides is 1. The van der Waals surface area contributed by atoms with Crippen LogP contribution in [0.2, 0.25) is 0 Å². The van der Waals surface area contributed by atoms with Crippen LogP contribution in [0.1, 0.15) is 48.0 Å². The molecule has 0 fully saturated rings. The van der Waals surface area contributed by atoms with Crippen molar-refractivity contribution in [1.82, 2.24) is 9.97 Å². The molecule has 6 nitrogen and oxygen atoms in total. The topological polar surface area (TPSA) is 90.7 Å². The highest BCUT2D eigenvalue weighted by Gasteiger charge is 2.10. The maximum absolute atomic E-state index is 12.3. The Labute approximate surface area is 153 Å². The van der Waals surface area contributed by atoms with E-state index < -0.39 is 0 Å². The van der Waals surface area contributed by atoms with E-state index in [-0.39, 0.29) is 5.91 Å². The molecular weight excluding hydrogens is 326 g/mol. The van der Waals surface area contributed by atoms with E-state index in [0.717, 1.165) is 13.0 Å². The molecule has 0 saturated heterocycles. The van der Waals surface area contributed by atoms with E-state index in [1.54, 1.807) is 24.3 Å². The van der Waals surface area contributed by atoms with Gasteiger partial charge in [-0.3, -0.25) is 4.79 Å². The number of rotatable bonds is 6. The predicted molar refractivity (Wildman–Crippen MR) is 101 cm³/mol. The van der Waals surface area contributed by atoms with Gasteiger partial charge in [-0.05, 0) is 44.2 Å². The molecule has 0 spiro atoms. The Morgan fingerprint density at radius 2 is 2.00 bits per heavy atom.